The molecule has 1 heterocycles. The fourth-order valence-electron chi connectivity index (χ4n) is 3.15. The van der Waals surface area contributed by atoms with E-state index in [1.54, 1.807) is 0 Å². The zero-order valence-corrected chi connectivity index (χ0v) is 19.1. The number of primary amides is 1. The third kappa shape index (κ3) is 6.28. The number of rotatable bonds is 7. The van der Waals surface area contributed by atoms with Crippen LogP contribution < -0.4 is 15.4 Å². The molecule has 0 saturated heterocycles. The van der Waals surface area contributed by atoms with Gasteiger partial charge in [0.25, 0.3) is 5.91 Å². The van der Waals surface area contributed by atoms with E-state index in [0.29, 0.717) is 0 Å². The first-order chi connectivity index (χ1) is 17.1. The number of halogens is 5. The number of carbonyl (C=O) groups excluding carboxylic acids is 2. The van der Waals surface area contributed by atoms with Crippen LogP contribution in [0.2, 0.25) is 5.02 Å². The molecule has 3 rings (SSSR count). The highest BCUT2D eigenvalue weighted by Gasteiger charge is 2.38. The lowest BCUT2D eigenvalue weighted by Crippen LogP contribution is -2.53. The lowest BCUT2D eigenvalue weighted by atomic mass is 9.99. The molecule has 2 aromatic carbocycles. The van der Waals surface area contributed by atoms with Crippen molar-refractivity contribution in [3.8, 4) is 22.6 Å². The monoisotopic (exact) mass is 539 g/mol. The summed E-state index contributed by atoms with van der Waals surface area (Å²) in [6.07, 6.45) is -4.02. The number of aromatic nitrogens is 1. The summed E-state index contributed by atoms with van der Waals surface area (Å²) in [6.45, 7) is -1.94. The molecule has 0 atom stereocenters. The van der Waals surface area contributed by atoms with Crippen LogP contribution in [-0.4, -0.2) is 58.6 Å². The molecule has 5 N–H and O–H groups in total. The average Bonchev–Trinajstić information content (AvgIpc) is 2.77. The van der Waals surface area contributed by atoms with Crippen molar-refractivity contribution < 1.29 is 47.2 Å². The molecule has 2 amide bonds. The van der Waals surface area contributed by atoms with Crippen LogP contribution in [0.5, 0.6) is 11.5 Å². The van der Waals surface area contributed by atoms with Gasteiger partial charge in [-0.2, -0.15) is 13.2 Å². The summed E-state index contributed by atoms with van der Waals surface area (Å²) >= 11 is 5.87. The zero-order chi connectivity index (χ0) is 27.7. The summed E-state index contributed by atoms with van der Waals surface area (Å²) in [5, 5.41) is 29.9. The molecule has 0 aliphatic rings. The second-order valence-electron chi connectivity index (χ2n) is 7.47. The molecule has 15 heteroatoms. The Morgan fingerprint density at radius 1 is 1.16 bits per heavy atom. The van der Waals surface area contributed by atoms with Gasteiger partial charge >= 0.3 is 6.18 Å². The Balaban J connectivity index is 2.23. The van der Waals surface area contributed by atoms with Gasteiger partial charge in [-0.3, -0.25) is 9.59 Å². The molecule has 0 fully saturated rings. The number of pyridine rings is 1. The SMILES string of the molecule is [B]C(O)(O)N(C(=O)c1c(F)cccc1Cl)c1ncc(-c2cc(C(N)=O)ccc2O)cc1OCC(F)(F)F. The van der Waals surface area contributed by atoms with Gasteiger partial charge in [0, 0.05) is 22.9 Å². The van der Waals surface area contributed by atoms with E-state index in [-0.39, 0.29) is 21.6 Å². The van der Waals surface area contributed by atoms with Crippen LogP contribution in [0, 0.1) is 5.82 Å². The van der Waals surface area contributed by atoms with Crippen LogP contribution in [0.15, 0.2) is 48.7 Å². The molecule has 0 bridgehead atoms. The minimum atomic E-state index is -4.90. The van der Waals surface area contributed by atoms with Crippen molar-refractivity contribution in [2.75, 3.05) is 11.5 Å². The van der Waals surface area contributed by atoms with Crippen LogP contribution in [0.3, 0.4) is 0 Å². The van der Waals surface area contributed by atoms with Crippen molar-refractivity contribution in [3.05, 3.63) is 70.6 Å². The van der Waals surface area contributed by atoms with E-state index in [0.717, 1.165) is 42.6 Å². The second-order valence-corrected chi connectivity index (χ2v) is 7.88. The van der Waals surface area contributed by atoms with Gasteiger partial charge in [-0.25, -0.2) is 14.3 Å². The van der Waals surface area contributed by atoms with Crippen LogP contribution in [-0.2, 0) is 0 Å². The van der Waals surface area contributed by atoms with Gasteiger partial charge in [0.2, 0.25) is 5.91 Å². The number of ether oxygens (including phenoxy) is 1. The quantitative estimate of drug-likeness (QED) is 0.205. The van der Waals surface area contributed by atoms with Crippen LogP contribution in [0.4, 0.5) is 23.4 Å². The number of hydrogen-bond donors (Lipinski definition) is 4. The largest absolute Gasteiger partial charge is 0.507 e. The maximum Gasteiger partial charge on any atom is 0.422 e. The normalized spacial score (nSPS) is 11.8. The molecule has 192 valence electrons. The predicted molar refractivity (Wildman–Crippen MR) is 123 cm³/mol. The molecule has 0 saturated carbocycles. The molecule has 0 aliphatic carbocycles. The Bertz CT molecular complexity index is 1350. The van der Waals surface area contributed by atoms with E-state index in [2.05, 4.69) is 4.98 Å². The van der Waals surface area contributed by atoms with Crippen molar-refractivity contribution in [2.24, 2.45) is 5.73 Å². The number of carbonyl (C=O) groups is 2. The highest BCUT2D eigenvalue weighted by molar-refractivity contribution is 6.35. The highest BCUT2D eigenvalue weighted by atomic mass is 35.5. The summed E-state index contributed by atoms with van der Waals surface area (Å²) in [4.78, 5) is 28.2. The number of nitrogens with two attached hydrogens (primary N) is 1. The van der Waals surface area contributed by atoms with Crippen molar-refractivity contribution in [2.45, 2.75) is 12.0 Å². The molecule has 37 heavy (non-hydrogen) atoms. The fraction of sp³-hybridized carbons (Fsp3) is 0.136. The smallest absolute Gasteiger partial charge is 0.422 e. The van der Waals surface area contributed by atoms with E-state index >= 15 is 0 Å². The van der Waals surface area contributed by atoms with Gasteiger partial charge < -0.3 is 25.8 Å². The number of aliphatic hydroxyl groups is 2. The first kappa shape index (κ1) is 27.7. The average molecular weight is 540 g/mol. The van der Waals surface area contributed by atoms with Crippen molar-refractivity contribution in [3.63, 3.8) is 0 Å². The van der Waals surface area contributed by atoms with Gasteiger partial charge in [0.05, 0.1) is 10.6 Å². The highest BCUT2D eigenvalue weighted by Crippen LogP contribution is 2.38. The molecule has 1 aromatic heterocycles. The number of hydrogen-bond acceptors (Lipinski definition) is 7. The summed E-state index contributed by atoms with van der Waals surface area (Å²) in [7, 11) is 5.27. The number of alkyl halides is 3. The molecular weight excluding hydrogens is 525 g/mol. The van der Waals surface area contributed by atoms with Gasteiger partial charge in [0.1, 0.15) is 11.6 Å². The molecule has 0 unspecified atom stereocenters. The molecule has 0 aliphatic heterocycles. The first-order valence-corrected chi connectivity index (χ1v) is 10.3. The Hall–Kier alpha value is -3.88. The topological polar surface area (TPSA) is 146 Å². The minimum Gasteiger partial charge on any atom is -0.507 e. The number of benzene rings is 2. The summed E-state index contributed by atoms with van der Waals surface area (Å²) in [6, 6.07) is 7.26. The maximum absolute atomic E-state index is 14.4. The summed E-state index contributed by atoms with van der Waals surface area (Å²) < 4.78 is 58.0. The van der Waals surface area contributed by atoms with Crippen molar-refractivity contribution in [1.82, 2.24) is 4.98 Å². The van der Waals surface area contributed by atoms with E-state index in [1.807, 2.05) is 0 Å². The van der Waals surface area contributed by atoms with Gasteiger partial charge in [-0.1, -0.05) is 17.7 Å². The molecule has 2 radical (unpaired) electrons. The minimum absolute atomic E-state index is 0.0765. The Morgan fingerprint density at radius 2 is 1.84 bits per heavy atom. The predicted octanol–water partition coefficient (Wildman–Crippen LogP) is 2.70. The summed E-state index contributed by atoms with van der Waals surface area (Å²) in [5.74, 6) is -9.63. The third-order valence-electron chi connectivity index (χ3n) is 4.74. The van der Waals surface area contributed by atoms with Crippen LogP contribution in [0.1, 0.15) is 20.7 Å². The number of anilines is 1. The van der Waals surface area contributed by atoms with Crippen LogP contribution >= 0.6 is 11.6 Å². The molecular formula is C22H15BClF4N3O6. The van der Waals surface area contributed by atoms with E-state index in [4.69, 9.17) is 29.9 Å². The van der Waals surface area contributed by atoms with Crippen LogP contribution in [0.25, 0.3) is 11.1 Å². The zero-order valence-electron chi connectivity index (χ0n) is 18.3. The van der Waals surface area contributed by atoms with Gasteiger partial charge in [0.15, 0.2) is 31.8 Å². The third-order valence-corrected chi connectivity index (χ3v) is 5.05. The van der Waals surface area contributed by atoms with E-state index in [1.165, 1.54) is 6.07 Å². The fourth-order valence-corrected chi connectivity index (χ4v) is 3.40. The van der Waals surface area contributed by atoms with Gasteiger partial charge in [-0.15, -0.1) is 0 Å². The second kappa shape index (κ2) is 10.2. The Kier molecular flexibility index (Phi) is 7.67. The maximum atomic E-state index is 14.4. The standard InChI is InChI=1S/C22H15BClF4N3O6/c23-22(35,36)31(20(34)17-13(24)2-1-3-14(17)25)19-16(37-9-21(26,27)28)7-11(8-30-19)12-6-10(18(29)33)4-5-15(12)32/h1-8,32,35-36H,9H2,(H2,29,33). The van der Waals surface area contributed by atoms with Crippen molar-refractivity contribution >= 4 is 37.1 Å². The first-order valence-electron chi connectivity index (χ1n) is 9.95. The summed E-state index contributed by atoms with van der Waals surface area (Å²) in [5.41, 5.74) is 3.97. The van der Waals surface area contributed by atoms with E-state index < -0.39 is 64.1 Å². The molecule has 9 nitrogen and oxygen atoms in total. The molecule has 0 spiro atoms. The lowest BCUT2D eigenvalue weighted by molar-refractivity contribution is -0.153. The number of amides is 2. The molecule has 3 aromatic rings. The Morgan fingerprint density at radius 3 is 2.41 bits per heavy atom. The van der Waals surface area contributed by atoms with Gasteiger partial charge in [-0.05, 0) is 36.4 Å². The number of phenols is 1. The Labute approximate surface area is 212 Å². The van der Waals surface area contributed by atoms with E-state index in [9.17, 15) is 42.5 Å². The number of nitrogens with zero attached hydrogens (tertiary/aromatic N) is 2. The number of phenolic OH excluding ortho intramolecular Hbond substituents is 1. The lowest BCUT2D eigenvalue weighted by Gasteiger charge is -2.33. The van der Waals surface area contributed by atoms with Crippen molar-refractivity contribution in [1.29, 1.82) is 0 Å². The number of aromatic hydroxyl groups is 1.